The first-order valence-corrected chi connectivity index (χ1v) is 16.6. The van der Waals surface area contributed by atoms with Gasteiger partial charge in [0.2, 0.25) is 0 Å². The minimum Gasteiger partial charge on any atom is -0.577 e. The van der Waals surface area contributed by atoms with Crippen molar-refractivity contribution in [3.8, 4) is 28.4 Å². The highest BCUT2D eigenvalue weighted by Crippen LogP contribution is 2.31. The number of rotatable bonds is 9. The average molecular weight is 618 g/mol. The van der Waals surface area contributed by atoms with Crippen LogP contribution in [0.3, 0.4) is 0 Å². The molecule has 0 radical (unpaired) electrons. The van der Waals surface area contributed by atoms with E-state index in [-0.39, 0.29) is 0 Å². The Labute approximate surface area is 273 Å². The quantitative estimate of drug-likeness (QED) is 0.151. The lowest BCUT2D eigenvalue weighted by atomic mass is 10.1. The number of hydrogen-bond donors (Lipinski definition) is 0. The van der Waals surface area contributed by atoms with Gasteiger partial charge in [-0.25, -0.2) is 9.97 Å². The Morgan fingerprint density at radius 1 is 0.478 bits per heavy atom. The highest BCUT2D eigenvalue weighted by atomic mass is 27.3. The van der Waals surface area contributed by atoms with Crippen LogP contribution in [0.25, 0.3) is 32.9 Å². The van der Waals surface area contributed by atoms with Gasteiger partial charge in [0.05, 0.1) is 5.75 Å². The highest BCUT2D eigenvalue weighted by Gasteiger charge is 2.45. The molecule has 0 aliphatic rings. The number of para-hydroxylation sites is 3. The Morgan fingerprint density at radius 3 is 1.52 bits per heavy atom. The van der Waals surface area contributed by atoms with Crippen molar-refractivity contribution in [1.82, 2.24) is 9.97 Å². The molecule has 0 atom stereocenters. The van der Waals surface area contributed by atoms with Crippen molar-refractivity contribution in [2.45, 2.75) is 13.8 Å². The molecule has 0 amide bonds. The van der Waals surface area contributed by atoms with E-state index in [1.165, 1.54) is 0 Å². The zero-order valence-electron chi connectivity index (χ0n) is 25.9. The zero-order chi connectivity index (χ0) is 31.5. The van der Waals surface area contributed by atoms with Crippen molar-refractivity contribution in [2.24, 2.45) is 0 Å². The van der Waals surface area contributed by atoms with Gasteiger partial charge in [0.1, 0.15) is 22.5 Å². The number of hydrogen-bond acceptors (Lipinski definition) is 6. The molecular formula is C39H32AlN3O3. The van der Waals surface area contributed by atoms with Gasteiger partial charge in [0.25, 0.3) is 0 Å². The normalized spacial score (nSPS) is 10.9. The molecule has 0 saturated carbocycles. The minimum atomic E-state index is -2.88. The number of aromatic nitrogens is 2. The van der Waals surface area contributed by atoms with Gasteiger partial charge in [-0.3, -0.25) is 0 Å². The van der Waals surface area contributed by atoms with E-state index >= 15 is 0 Å². The summed E-state index contributed by atoms with van der Waals surface area (Å²) in [6, 6.07) is 46.8. The van der Waals surface area contributed by atoms with Crippen LogP contribution in [0, 0.1) is 13.8 Å². The summed E-state index contributed by atoms with van der Waals surface area (Å²) in [7, 11) is 2.08. The predicted molar refractivity (Wildman–Crippen MR) is 187 cm³/mol. The van der Waals surface area contributed by atoms with Crippen LogP contribution >= 0.6 is 0 Å². The lowest BCUT2D eigenvalue weighted by molar-refractivity contribution is 0.310. The van der Waals surface area contributed by atoms with Gasteiger partial charge in [-0.2, -0.15) is 0 Å². The van der Waals surface area contributed by atoms with E-state index in [1.807, 2.05) is 105 Å². The first kappa shape index (κ1) is 29.4. The smallest absolute Gasteiger partial charge is 0.577 e. The third-order valence-electron chi connectivity index (χ3n) is 7.91. The second kappa shape index (κ2) is 12.9. The van der Waals surface area contributed by atoms with Crippen LogP contribution in [0.4, 0.5) is 11.4 Å². The summed E-state index contributed by atoms with van der Waals surface area (Å²) in [5, 5.41) is 1.98. The van der Waals surface area contributed by atoms with Crippen LogP contribution in [0.5, 0.6) is 17.2 Å². The summed E-state index contributed by atoms with van der Waals surface area (Å²) in [5.74, 6) is 1.91. The first-order chi connectivity index (χ1) is 22.5. The summed E-state index contributed by atoms with van der Waals surface area (Å²) >= 11 is -2.88. The molecule has 0 spiro atoms. The SMILES string of the molecule is Cc1ccc2cccc([O][Al]([O]c3ccc(-c4ccc(N(C)c5ccccc5)cc4)cc3)[O]c3cccc4ccc(C)nc34)c2n1. The van der Waals surface area contributed by atoms with Gasteiger partial charge in [0, 0.05) is 40.6 Å². The van der Waals surface area contributed by atoms with Crippen molar-refractivity contribution in [3.05, 3.63) is 151 Å². The predicted octanol–water partition coefficient (Wildman–Crippen LogP) is 9.36. The van der Waals surface area contributed by atoms with Crippen molar-refractivity contribution >= 4 is 48.3 Å². The highest BCUT2D eigenvalue weighted by molar-refractivity contribution is 6.40. The largest absolute Gasteiger partial charge is 1.20 e. The molecule has 0 aliphatic carbocycles. The second-order valence-corrected chi connectivity index (χ2v) is 12.5. The molecule has 7 heteroatoms. The Bertz CT molecular complexity index is 2030. The van der Waals surface area contributed by atoms with Gasteiger partial charge in [0.15, 0.2) is 0 Å². The van der Waals surface area contributed by atoms with Crippen LogP contribution in [0.1, 0.15) is 11.4 Å². The maximum absolute atomic E-state index is 6.56. The fraction of sp³-hybridized carbons (Fsp3) is 0.0769. The Kier molecular flexibility index (Phi) is 8.26. The second-order valence-electron chi connectivity index (χ2n) is 11.2. The van der Waals surface area contributed by atoms with Gasteiger partial charge >= 0.3 is 15.1 Å². The van der Waals surface area contributed by atoms with E-state index in [9.17, 15) is 0 Å². The van der Waals surface area contributed by atoms with E-state index in [4.69, 9.17) is 21.3 Å². The number of aryl methyl sites for hydroxylation is 2. The molecule has 5 aromatic carbocycles. The third kappa shape index (κ3) is 6.38. The van der Waals surface area contributed by atoms with Crippen LogP contribution in [-0.4, -0.2) is 32.2 Å². The summed E-state index contributed by atoms with van der Waals surface area (Å²) in [4.78, 5) is 11.7. The molecule has 0 bridgehead atoms. The lowest BCUT2D eigenvalue weighted by Gasteiger charge is -2.20. The van der Waals surface area contributed by atoms with Gasteiger partial charge < -0.3 is 16.3 Å². The topological polar surface area (TPSA) is 56.7 Å². The first-order valence-electron chi connectivity index (χ1n) is 15.2. The van der Waals surface area contributed by atoms with Gasteiger partial charge in [-0.05, 0) is 85.6 Å². The van der Waals surface area contributed by atoms with Crippen molar-refractivity contribution < 1.29 is 11.4 Å². The summed E-state index contributed by atoms with van der Waals surface area (Å²) in [6.07, 6.45) is 0. The molecule has 7 aromatic rings. The summed E-state index contributed by atoms with van der Waals surface area (Å²) < 4.78 is 19.6. The molecular weight excluding hydrogens is 585 g/mol. The molecule has 0 unspecified atom stereocenters. The van der Waals surface area contributed by atoms with E-state index < -0.39 is 15.1 Å². The molecule has 7 rings (SSSR count). The number of fused-ring (bicyclic) bond motifs is 2. The Balaban J connectivity index is 1.16. The van der Waals surface area contributed by atoms with E-state index in [2.05, 4.69) is 60.5 Å². The van der Waals surface area contributed by atoms with Gasteiger partial charge in [-0.15, -0.1) is 0 Å². The average Bonchev–Trinajstić information content (AvgIpc) is 3.09. The molecule has 2 heterocycles. The summed E-state index contributed by atoms with van der Waals surface area (Å²) in [6.45, 7) is 3.94. The molecule has 0 aliphatic heterocycles. The van der Waals surface area contributed by atoms with Crippen LogP contribution in [0.15, 0.2) is 140 Å². The van der Waals surface area contributed by atoms with E-state index in [0.717, 1.165) is 55.7 Å². The number of pyridine rings is 2. The number of benzene rings is 5. The number of nitrogens with zero attached hydrogens (tertiary/aromatic N) is 3. The van der Waals surface area contributed by atoms with Crippen molar-refractivity contribution in [2.75, 3.05) is 11.9 Å². The maximum Gasteiger partial charge on any atom is 1.20 e. The van der Waals surface area contributed by atoms with Crippen LogP contribution in [-0.2, 0) is 0 Å². The molecule has 0 saturated heterocycles. The fourth-order valence-corrected chi connectivity index (χ4v) is 6.74. The fourth-order valence-electron chi connectivity index (χ4n) is 5.42. The molecule has 2 aromatic heterocycles. The van der Waals surface area contributed by atoms with E-state index in [1.54, 1.807) is 0 Å². The minimum absolute atomic E-state index is 0.624. The third-order valence-corrected chi connectivity index (χ3v) is 9.27. The van der Waals surface area contributed by atoms with Crippen molar-refractivity contribution in [3.63, 3.8) is 0 Å². The Hall–Kier alpha value is -5.35. The summed E-state index contributed by atoms with van der Waals surface area (Å²) in [5.41, 5.74) is 7.83. The van der Waals surface area contributed by atoms with Gasteiger partial charge in [-0.1, -0.05) is 78.9 Å². The maximum atomic E-state index is 6.56. The Morgan fingerprint density at radius 2 is 0.978 bits per heavy atom. The molecule has 0 fully saturated rings. The molecule has 6 nitrogen and oxygen atoms in total. The van der Waals surface area contributed by atoms with E-state index in [0.29, 0.717) is 17.2 Å². The van der Waals surface area contributed by atoms with Crippen LogP contribution < -0.4 is 16.3 Å². The number of anilines is 2. The molecule has 0 N–H and O–H groups in total. The molecule has 46 heavy (non-hydrogen) atoms. The van der Waals surface area contributed by atoms with Crippen molar-refractivity contribution in [1.29, 1.82) is 0 Å². The van der Waals surface area contributed by atoms with Crippen LogP contribution in [0.2, 0.25) is 0 Å². The monoisotopic (exact) mass is 617 g/mol. The standard InChI is InChI=1S/C19H17NO.2C10H9NO.Al/c1-20(17-5-3-2-4-6-17)18-11-7-15(8-12-18)16-9-13-19(21)14-10-16;2*1-7-5-6-8-3-2-4-9(12)10(8)11-7;/h2-14,21H,1H3;2*2-6,12H,1H3;/q;;;+3/p-3. The molecule has 224 valence electrons. The zero-order valence-corrected chi connectivity index (χ0v) is 27.1. The lowest BCUT2D eigenvalue weighted by Crippen LogP contribution is -2.37.